The lowest BCUT2D eigenvalue weighted by atomic mass is 9.92. The molecule has 1 saturated carbocycles. The molecule has 214 valence electrons. The molecule has 1 saturated heterocycles. The van der Waals surface area contributed by atoms with E-state index in [0.29, 0.717) is 16.9 Å². The molecule has 11 heteroatoms. The number of aryl methyl sites for hydroxylation is 2. The van der Waals surface area contributed by atoms with Gasteiger partial charge in [-0.15, -0.1) is 0 Å². The van der Waals surface area contributed by atoms with Gasteiger partial charge in [0.2, 0.25) is 21.8 Å². The fourth-order valence-electron chi connectivity index (χ4n) is 5.39. The van der Waals surface area contributed by atoms with Crippen molar-refractivity contribution in [2.45, 2.75) is 69.4 Å². The van der Waals surface area contributed by atoms with Gasteiger partial charge in [0, 0.05) is 26.7 Å². The van der Waals surface area contributed by atoms with Gasteiger partial charge in [0.15, 0.2) is 0 Å². The van der Waals surface area contributed by atoms with E-state index < -0.39 is 15.9 Å². The molecule has 0 aromatic heterocycles. The van der Waals surface area contributed by atoms with E-state index in [4.69, 9.17) is 9.47 Å². The fraction of sp³-hybridized carbons (Fsp3) is 0.704. The summed E-state index contributed by atoms with van der Waals surface area (Å²) in [6.45, 7) is 6.94. The number of benzene rings is 1. The summed E-state index contributed by atoms with van der Waals surface area (Å²) in [6, 6.07) is 3.41. The van der Waals surface area contributed by atoms with E-state index in [1.165, 1.54) is 40.1 Å². The van der Waals surface area contributed by atoms with Crippen molar-refractivity contribution in [2.24, 2.45) is 0 Å². The molecule has 0 spiro atoms. The first kappa shape index (κ1) is 30.3. The number of methoxy groups -OCH3 is 1. The summed E-state index contributed by atoms with van der Waals surface area (Å²) >= 11 is 0. The zero-order valence-electron chi connectivity index (χ0n) is 23.5. The number of hydrogen-bond donors (Lipinski definition) is 1. The van der Waals surface area contributed by atoms with Crippen LogP contribution in [0.5, 0.6) is 5.75 Å². The van der Waals surface area contributed by atoms with E-state index in [1.807, 2.05) is 0 Å². The Balaban J connectivity index is 1.41. The average molecular weight is 553 g/mol. The van der Waals surface area contributed by atoms with Crippen molar-refractivity contribution in [3.05, 3.63) is 23.3 Å². The van der Waals surface area contributed by atoms with Gasteiger partial charge in [0.25, 0.3) is 0 Å². The minimum Gasteiger partial charge on any atom is -0.497 e. The number of carbonyl (C=O) groups is 2. The Morgan fingerprint density at radius 1 is 1.05 bits per heavy atom. The molecule has 0 radical (unpaired) electrons. The summed E-state index contributed by atoms with van der Waals surface area (Å²) in [5, 5.41) is 2.58. The summed E-state index contributed by atoms with van der Waals surface area (Å²) in [4.78, 5) is 29.5. The van der Waals surface area contributed by atoms with E-state index in [2.05, 4.69) is 10.2 Å². The van der Waals surface area contributed by atoms with Gasteiger partial charge in [0.1, 0.15) is 5.75 Å². The molecule has 2 aliphatic rings. The third kappa shape index (κ3) is 7.91. The third-order valence-electron chi connectivity index (χ3n) is 7.69. The molecule has 38 heavy (non-hydrogen) atoms. The Hall–Kier alpha value is -2.21. The van der Waals surface area contributed by atoms with Crippen LogP contribution in [0.1, 0.15) is 49.7 Å². The lowest BCUT2D eigenvalue weighted by Gasteiger charge is -2.35. The zero-order chi connectivity index (χ0) is 27.9. The fourth-order valence-corrected chi connectivity index (χ4v) is 6.92. The predicted molar refractivity (Wildman–Crippen MR) is 146 cm³/mol. The molecule has 1 aliphatic heterocycles. The Bertz CT molecular complexity index is 1040. The van der Waals surface area contributed by atoms with Crippen molar-refractivity contribution in [1.82, 2.24) is 19.4 Å². The molecule has 1 aromatic carbocycles. The molecule has 0 bridgehead atoms. The maximum atomic E-state index is 13.1. The second-order valence-corrected chi connectivity index (χ2v) is 12.5. The number of nitrogens with zero attached hydrogens (tertiary/aromatic N) is 3. The van der Waals surface area contributed by atoms with Crippen LogP contribution in [0.25, 0.3) is 0 Å². The van der Waals surface area contributed by atoms with Crippen LogP contribution < -0.4 is 10.1 Å². The number of likely N-dealkylation sites (tertiary alicyclic amines) is 1. The lowest BCUT2D eigenvalue weighted by molar-refractivity contribution is -0.134. The summed E-state index contributed by atoms with van der Waals surface area (Å²) in [5.41, 5.74) is 1.08. The van der Waals surface area contributed by atoms with Crippen LogP contribution in [-0.2, 0) is 24.3 Å². The van der Waals surface area contributed by atoms with E-state index >= 15 is 0 Å². The Labute approximate surface area is 227 Å². The SMILES string of the molecule is COc1cc(C)c(S(=O)(=O)N(C)CC(=O)NCC(=O)N(C)[C@H]2CC[C@H](OCCN3CCCC3)CC2)c(C)c1. The number of hydrogen-bond acceptors (Lipinski definition) is 7. The van der Waals surface area contributed by atoms with E-state index in [0.717, 1.165) is 43.1 Å². The van der Waals surface area contributed by atoms with Crippen LogP contribution in [0.4, 0.5) is 0 Å². The van der Waals surface area contributed by atoms with Crippen molar-refractivity contribution in [1.29, 1.82) is 0 Å². The zero-order valence-corrected chi connectivity index (χ0v) is 24.3. The number of likely N-dealkylation sites (N-methyl/N-ethyl adjacent to an activating group) is 2. The summed E-state index contributed by atoms with van der Waals surface area (Å²) in [7, 11) is 0.742. The van der Waals surface area contributed by atoms with E-state index in [-0.39, 0.29) is 36.0 Å². The highest BCUT2D eigenvalue weighted by Gasteiger charge is 2.29. The maximum Gasteiger partial charge on any atom is 0.243 e. The molecule has 1 aromatic rings. The van der Waals surface area contributed by atoms with Gasteiger partial charge in [-0.25, -0.2) is 8.42 Å². The topological polar surface area (TPSA) is 108 Å². The number of nitrogens with one attached hydrogen (secondary N) is 1. The predicted octanol–water partition coefficient (Wildman–Crippen LogP) is 1.93. The standard InChI is InChI=1S/C27H44N4O6S/c1-20-16-24(36-5)17-21(2)27(20)38(34,35)29(3)19-25(32)28-18-26(33)30(4)22-8-10-23(11-9-22)37-15-14-31-12-6-7-13-31/h16-17,22-23H,6-15,18-19H2,1-5H3,(H,28,32)/t22-,23-. The van der Waals surface area contributed by atoms with Crippen LogP contribution in [0.15, 0.2) is 17.0 Å². The van der Waals surface area contributed by atoms with E-state index in [1.54, 1.807) is 37.9 Å². The largest absolute Gasteiger partial charge is 0.497 e. The summed E-state index contributed by atoms with van der Waals surface area (Å²) in [6.07, 6.45) is 6.38. The summed E-state index contributed by atoms with van der Waals surface area (Å²) in [5.74, 6) is -0.152. The first-order valence-corrected chi connectivity index (χ1v) is 14.9. The quantitative estimate of drug-likeness (QED) is 0.422. The number of rotatable bonds is 12. The molecule has 1 heterocycles. The van der Waals surface area contributed by atoms with Crippen LogP contribution in [0, 0.1) is 13.8 Å². The number of amides is 2. The van der Waals surface area contributed by atoms with Gasteiger partial charge in [-0.2, -0.15) is 4.31 Å². The highest BCUT2D eigenvalue weighted by atomic mass is 32.2. The molecule has 2 fully saturated rings. The molecule has 0 unspecified atom stereocenters. The van der Waals surface area contributed by atoms with Crippen LogP contribution in [-0.4, -0.2) is 107 Å². The molecule has 10 nitrogen and oxygen atoms in total. The van der Waals surface area contributed by atoms with Crippen LogP contribution >= 0.6 is 0 Å². The molecule has 1 aliphatic carbocycles. The lowest BCUT2D eigenvalue weighted by Crippen LogP contribution is -2.47. The first-order chi connectivity index (χ1) is 18.0. The maximum absolute atomic E-state index is 13.1. The van der Waals surface area contributed by atoms with Crippen LogP contribution in [0.3, 0.4) is 0 Å². The van der Waals surface area contributed by atoms with Crippen molar-refractivity contribution in [3.63, 3.8) is 0 Å². The average Bonchev–Trinajstić information content (AvgIpc) is 3.40. The smallest absolute Gasteiger partial charge is 0.243 e. The van der Waals surface area contributed by atoms with Gasteiger partial charge in [-0.05, 0) is 88.7 Å². The molecular weight excluding hydrogens is 508 g/mol. The Kier molecular flexibility index (Phi) is 11.0. The van der Waals surface area contributed by atoms with E-state index in [9.17, 15) is 18.0 Å². The normalized spacial score (nSPS) is 20.5. The molecule has 0 atom stereocenters. The van der Waals surface area contributed by atoms with Gasteiger partial charge < -0.3 is 24.6 Å². The number of carbonyl (C=O) groups excluding carboxylic acids is 2. The summed E-state index contributed by atoms with van der Waals surface area (Å²) < 4.78 is 38.6. The highest BCUT2D eigenvalue weighted by Crippen LogP contribution is 2.28. The third-order valence-corrected chi connectivity index (χ3v) is 9.80. The minimum atomic E-state index is -3.90. The van der Waals surface area contributed by atoms with Crippen LogP contribution in [0.2, 0.25) is 0 Å². The molecule has 1 N–H and O–H groups in total. The first-order valence-electron chi connectivity index (χ1n) is 13.5. The molecular formula is C27H44N4O6S. The number of sulfonamides is 1. The number of ether oxygens (including phenoxy) is 2. The van der Waals surface area contributed by atoms with Gasteiger partial charge >= 0.3 is 0 Å². The molecule has 2 amide bonds. The Morgan fingerprint density at radius 3 is 2.24 bits per heavy atom. The Morgan fingerprint density at radius 2 is 1.66 bits per heavy atom. The van der Waals surface area contributed by atoms with Gasteiger partial charge in [-0.1, -0.05) is 0 Å². The second-order valence-electron chi connectivity index (χ2n) is 10.5. The molecule has 3 rings (SSSR count). The highest BCUT2D eigenvalue weighted by molar-refractivity contribution is 7.89. The second kappa shape index (κ2) is 13.7. The monoisotopic (exact) mass is 552 g/mol. The van der Waals surface area contributed by atoms with Crippen molar-refractivity contribution < 1.29 is 27.5 Å². The van der Waals surface area contributed by atoms with Crippen molar-refractivity contribution in [3.8, 4) is 5.75 Å². The van der Waals surface area contributed by atoms with Crippen molar-refractivity contribution in [2.75, 3.05) is 60.5 Å². The van der Waals surface area contributed by atoms with Gasteiger partial charge in [0.05, 0.1) is 37.8 Å². The minimum absolute atomic E-state index is 0.113. The van der Waals surface area contributed by atoms with Crippen molar-refractivity contribution >= 4 is 21.8 Å². The van der Waals surface area contributed by atoms with Gasteiger partial charge in [-0.3, -0.25) is 9.59 Å².